The van der Waals surface area contributed by atoms with Gasteiger partial charge in [0.25, 0.3) is 5.91 Å². The van der Waals surface area contributed by atoms with E-state index in [4.69, 9.17) is 18.9 Å². The molecule has 7 heteroatoms. The van der Waals surface area contributed by atoms with E-state index < -0.39 is 6.10 Å². The van der Waals surface area contributed by atoms with E-state index >= 15 is 0 Å². The summed E-state index contributed by atoms with van der Waals surface area (Å²) in [6.07, 6.45) is 0.0799. The number of hydrogen-bond acceptors (Lipinski definition) is 6. The minimum atomic E-state index is -0.619. The Morgan fingerprint density at radius 2 is 1.58 bits per heavy atom. The van der Waals surface area contributed by atoms with Gasteiger partial charge in [-0.1, -0.05) is 0 Å². The van der Waals surface area contributed by atoms with Crippen LogP contribution in [0.15, 0.2) is 36.4 Å². The molecule has 0 spiro atoms. The Labute approximate surface area is 183 Å². The molecule has 2 aliphatic rings. The van der Waals surface area contributed by atoms with E-state index in [1.165, 1.54) is 0 Å². The van der Waals surface area contributed by atoms with Crippen molar-refractivity contribution in [2.75, 3.05) is 52.4 Å². The van der Waals surface area contributed by atoms with Gasteiger partial charge >= 0.3 is 0 Å². The van der Waals surface area contributed by atoms with Gasteiger partial charge < -0.3 is 28.7 Å². The van der Waals surface area contributed by atoms with Crippen molar-refractivity contribution in [3.8, 4) is 17.2 Å². The fourth-order valence-corrected chi connectivity index (χ4v) is 4.36. The minimum Gasteiger partial charge on any atom is -0.497 e. The average molecular weight is 427 g/mol. The maximum atomic E-state index is 13.4. The third-order valence-electron chi connectivity index (χ3n) is 6.06. The number of anilines is 1. The van der Waals surface area contributed by atoms with E-state index in [0.717, 1.165) is 42.1 Å². The number of hydrogen-bond donors (Lipinski definition) is 0. The topological polar surface area (TPSA) is 60.5 Å². The van der Waals surface area contributed by atoms with Gasteiger partial charge in [-0.15, -0.1) is 0 Å². The summed E-state index contributed by atoms with van der Waals surface area (Å²) in [5.74, 6) is 2.14. The largest absolute Gasteiger partial charge is 0.497 e. The fraction of sp³-hybridized carbons (Fsp3) is 0.458. The highest BCUT2D eigenvalue weighted by Gasteiger charge is 2.36. The van der Waals surface area contributed by atoms with Crippen molar-refractivity contribution in [3.05, 3.63) is 47.5 Å². The zero-order valence-corrected chi connectivity index (χ0v) is 18.6. The zero-order chi connectivity index (χ0) is 22.0. The van der Waals surface area contributed by atoms with Crippen LogP contribution in [-0.4, -0.2) is 64.4 Å². The molecule has 166 valence electrons. The number of benzene rings is 2. The maximum absolute atomic E-state index is 13.4. The van der Waals surface area contributed by atoms with Gasteiger partial charge in [0.15, 0.2) is 17.6 Å². The lowest BCUT2D eigenvalue weighted by atomic mass is 9.93. The lowest BCUT2D eigenvalue weighted by molar-refractivity contribution is -0.149. The van der Waals surface area contributed by atoms with Gasteiger partial charge in [-0.3, -0.25) is 4.79 Å². The second-order valence-electron chi connectivity index (χ2n) is 7.95. The smallest absolute Gasteiger partial charge is 0.256 e. The summed E-state index contributed by atoms with van der Waals surface area (Å²) < 4.78 is 22.3. The van der Waals surface area contributed by atoms with Gasteiger partial charge in [-0.2, -0.15) is 0 Å². The minimum absolute atomic E-state index is 0.00870. The highest BCUT2D eigenvalue weighted by atomic mass is 16.5. The number of amides is 1. The summed E-state index contributed by atoms with van der Waals surface area (Å²) >= 11 is 0. The Bertz CT molecular complexity index is 922. The third kappa shape index (κ3) is 4.28. The number of nitrogens with zero attached hydrogens (tertiary/aromatic N) is 2. The number of carbonyl (C=O) groups excluding carboxylic acids is 1. The lowest BCUT2D eigenvalue weighted by Crippen LogP contribution is -2.51. The molecule has 0 N–H and O–H groups in total. The fourth-order valence-electron chi connectivity index (χ4n) is 4.36. The molecule has 2 aliphatic heterocycles. The van der Waals surface area contributed by atoms with Crippen LogP contribution in [0.3, 0.4) is 0 Å². The number of rotatable bonds is 5. The highest BCUT2D eigenvalue weighted by molar-refractivity contribution is 5.83. The quantitative estimate of drug-likeness (QED) is 0.732. The van der Waals surface area contributed by atoms with Gasteiger partial charge in [-0.05, 0) is 60.9 Å². The third-order valence-corrected chi connectivity index (χ3v) is 6.06. The summed E-state index contributed by atoms with van der Waals surface area (Å²) in [6, 6.07) is 11.9. The van der Waals surface area contributed by atoms with Crippen LogP contribution < -0.4 is 19.1 Å². The van der Waals surface area contributed by atoms with Gasteiger partial charge in [0.05, 0.1) is 27.4 Å². The second-order valence-corrected chi connectivity index (χ2v) is 7.95. The van der Waals surface area contributed by atoms with E-state index in [9.17, 15) is 4.79 Å². The number of methoxy groups -OCH3 is 3. The van der Waals surface area contributed by atoms with E-state index in [2.05, 4.69) is 17.0 Å². The van der Waals surface area contributed by atoms with Crippen molar-refractivity contribution in [3.63, 3.8) is 0 Å². The first kappa shape index (κ1) is 21.3. The predicted molar refractivity (Wildman–Crippen MR) is 118 cm³/mol. The van der Waals surface area contributed by atoms with Crippen molar-refractivity contribution >= 4 is 11.6 Å². The molecule has 0 unspecified atom stereocenters. The number of ether oxygens (including phenoxy) is 4. The molecule has 1 fully saturated rings. The van der Waals surface area contributed by atoms with E-state index in [0.29, 0.717) is 24.6 Å². The van der Waals surface area contributed by atoms with Crippen molar-refractivity contribution in [1.29, 1.82) is 0 Å². The molecule has 0 aliphatic carbocycles. The molecular formula is C24H30N2O5. The van der Waals surface area contributed by atoms with E-state index in [1.807, 2.05) is 36.1 Å². The molecule has 0 saturated carbocycles. The van der Waals surface area contributed by atoms with Crippen LogP contribution >= 0.6 is 0 Å². The Morgan fingerprint density at radius 3 is 2.19 bits per heavy atom. The molecule has 7 nitrogen and oxygen atoms in total. The molecule has 2 aromatic carbocycles. The van der Waals surface area contributed by atoms with Gasteiger partial charge in [0.2, 0.25) is 0 Å². The van der Waals surface area contributed by atoms with Crippen LogP contribution in [0.2, 0.25) is 0 Å². The maximum Gasteiger partial charge on any atom is 0.256 e. The molecule has 4 rings (SSSR count). The van der Waals surface area contributed by atoms with Gasteiger partial charge in [0.1, 0.15) is 5.75 Å². The van der Waals surface area contributed by atoms with E-state index in [1.54, 1.807) is 21.3 Å². The van der Waals surface area contributed by atoms with Crippen LogP contribution in [0.1, 0.15) is 24.2 Å². The molecular weight excluding hydrogens is 396 g/mol. The SMILES string of the molecule is COc1ccc(N2CCN(C(=O)[C@@H]3O[C@@H](C)Cc4cc(OC)c(OC)cc43)CC2)cc1. The molecule has 0 bridgehead atoms. The summed E-state index contributed by atoms with van der Waals surface area (Å²) in [5.41, 5.74) is 3.09. The van der Waals surface area contributed by atoms with Crippen LogP contribution in [0.4, 0.5) is 5.69 Å². The summed E-state index contributed by atoms with van der Waals surface area (Å²) in [4.78, 5) is 17.6. The number of fused-ring (bicyclic) bond motifs is 1. The zero-order valence-electron chi connectivity index (χ0n) is 18.6. The summed E-state index contributed by atoms with van der Waals surface area (Å²) in [7, 11) is 4.89. The van der Waals surface area contributed by atoms with Crippen molar-refractivity contribution in [2.24, 2.45) is 0 Å². The normalized spacial score (nSPS) is 20.8. The number of carbonyl (C=O) groups is 1. The monoisotopic (exact) mass is 426 g/mol. The molecule has 0 radical (unpaired) electrons. The van der Waals surface area contributed by atoms with Crippen LogP contribution in [0.5, 0.6) is 17.2 Å². The predicted octanol–water partition coefficient (Wildman–Crippen LogP) is 3.06. The molecule has 2 aromatic rings. The lowest BCUT2D eigenvalue weighted by Gasteiger charge is -2.39. The second kappa shape index (κ2) is 9.06. The van der Waals surface area contributed by atoms with Crippen LogP contribution in [0.25, 0.3) is 0 Å². The average Bonchev–Trinajstić information content (AvgIpc) is 2.82. The molecule has 1 saturated heterocycles. The molecule has 2 atom stereocenters. The molecule has 0 aromatic heterocycles. The van der Waals surface area contributed by atoms with Crippen LogP contribution in [-0.2, 0) is 16.0 Å². The highest BCUT2D eigenvalue weighted by Crippen LogP contribution is 2.39. The van der Waals surface area contributed by atoms with Crippen LogP contribution in [0, 0.1) is 0 Å². The first-order chi connectivity index (χ1) is 15.0. The Balaban J connectivity index is 1.49. The Kier molecular flexibility index (Phi) is 6.23. The van der Waals surface area contributed by atoms with Crippen molar-refractivity contribution in [2.45, 2.75) is 25.6 Å². The molecule has 2 heterocycles. The van der Waals surface area contributed by atoms with Gasteiger partial charge in [0, 0.05) is 31.9 Å². The molecule has 1 amide bonds. The van der Waals surface area contributed by atoms with E-state index in [-0.39, 0.29) is 12.0 Å². The van der Waals surface area contributed by atoms with Crippen molar-refractivity contribution < 1.29 is 23.7 Å². The standard InChI is InChI=1S/C24H30N2O5/c1-16-13-17-14-21(29-3)22(30-4)15-20(17)23(31-16)24(27)26-11-9-25(10-12-26)18-5-7-19(28-2)8-6-18/h5-8,14-16,23H,9-13H2,1-4H3/t16-,23+/m0/s1. The summed E-state index contributed by atoms with van der Waals surface area (Å²) in [6.45, 7) is 4.86. The Hall–Kier alpha value is -2.93. The molecule has 31 heavy (non-hydrogen) atoms. The first-order valence-corrected chi connectivity index (χ1v) is 10.6. The van der Waals surface area contributed by atoms with Gasteiger partial charge in [-0.25, -0.2) is 0 Å². The Morgan fingerprint density at radius 1 is 0.935 bits per heavy atom. The first-order valence-electron chi connectivity index (χ1n) is 10.6. The summed E-state index contributed by atoms with van der Waals surface area (Å²) in [5, 5.41) is 0. The number of piperazine rings is 1. The van der Waals surface area contributed by atoms with Crippen molar-refractivity contribution in [1.82, 2.24) is 4.90 Å².